The minimum absolute atomic E-state index is 0.0786. The van der Waals surface area contributed by atoms with Gasteiger partial charge < -0.3 is 10.4 Å². The third kappa shape index (κ3) is 2.08. The summed E-state index contributed by atoms with van der Waals surface area (Å²) in [6.07, 6.45) is 0.0786. The quantitative estimate of drug-likeness (QED) is 0.893. The van der Waals surface area contributed by atoms with Gasteiger partial charge in [0.1, 0.15) is 0 Å². The van der Waals surface area contributed by atoms with E-state index < -0.39 is 11.5 Å². The monoisotopic (exact) mass is 307 g/mol. The normalized spacial score (nSPS) is 20.6. The number of hydrogen-bond donors (Lipinski definition) is 2. The number of rotatable bonds is 2. The molecule has 20 heavy (non-hydrogen) atoms. The van der Waals surface area contributed by atoms with Gasteiger partial charge >= 0.3 is 0 Å². The second-order valence-corrected chi connectivity index (χ2v) is 5.62. The van der Waals surface area contributed by atoms with Crippen LogP contribution in [-0.4, -0.2) is 11.0 Å². The van der Waals surface area contributed by atoms with Crippen LogP contribution in [0.5, 0.6) is 0 Å². The summed E-state index contributed by atoms with van der Waals surface area (Å²) < 4.78 is 0. The van der Waals surface area contributed by atoms with Crippen LogP contribution in [0.1, 0.15) is 11.1 Å². The second-order valence-electron chi connectivity index (χ2n) is 4.77. The molecule has 0 aliphatic carbocycles. The Balaban J connectivity index is 2.05. The van der Waals surface area contributed by atoms with E-state index in [4.69, 9.17) is 23.2 Å². The fourth-order valence-corrected chi connectivity index (χ4v) is 2.81. The smallest absolute Gasteiger partial charge is 0.261 e. The summed E-state index contributed by atoms with van der Waals surface area (Å²) >= 11 is 12.1. The third-order valence-corrected chi connectivity index (χ3v) is 4.05. The molecule has 1 aliphatic heterocycles. The number of benzene rings is 2. The lowest BCUT2D eigenvalue weighted by molar-refractivity contribution is -0.133. The fraction of sp³-hybridized carbons (Fsp3) is 0.133. The van der Waals surface area contributed by atoms with Crippen molar-refractivity contribution in [1.29, 1.82) is 0 Å². The van der Waals surface area contributed by atoms with Gasteiger partial charge in [0, 0.05) is 27.7 Å². The first-order valence-electron chi connectivity index (χ1n) is 6.08. The van der Waals surface area contributed by atoms with Gasteiger partial charge in [-0.15, -0.1) is 0 Å². The topological polar surface area (TPSA) is 49.3 Å². The summed E-state index contributed by atoms with van der Waals surface area (Å²) in [5.41, 5.74) is 0.193. The van der Waals surface area contributed by atoms with Crippen LogP contribution in [0.25, 0.3) is 0 Å². The Morgan fingerprint density at radius 3 is 2.70 bits per heavy atom. The number of anilines is 1. The van der Waals surface area contributed by atoms with Crippen molar-refractivity contribution < 1.29 is 9.90 Å². The average Bonchev–Trinajstić information content (AvgIpc) is 2.67. The molecule has 3 nitrogen and oxygen atoms in total. The van der Waals surface area contributed by atoms with E-state index in [9.17, 15) is 9.90 Å². The predicted octanol–water partition coefficient (Wildman–Crippen LogP) is 3.38. The van der Waals surface area contributed by atoms with Crippen LogP contribution in [0.15, 0.2) is 42.5 Å². The van der Waals surface area contributed by atoms with Gasteiger partial charge in [-0.1, -0.05) is 41.4 Å². The highest BCUT2D eigenvalue weighted by Gasteiger charge is 2.45. The lowest BCUT2D eigenvalue weighted by Crippen LogP contribution is -2.36. The molecule has 2 aromatic carbocycles. The average molecular weight is 308 g/mol. The van der Waals surface area contributed by atoms with Crippen molar-refractivity contribution in [2.24, 2.45) is 0 Å². The lowest BCUT2D eigenvalue weighted by atomic mass is 9.88. The molecule has 1 atom stereocenters. The second kappa shape index (κ2) is 4.77. The number of carbonyl (C=O) groups excluding carboxylic acids is 1. The highest BCUT2D eigenvalue weighted by molar-refractivity contribution is 6.33. The summed E-state index contributed by atoms with van der Waals surface area (Å²) in [7, 11) is 0. The fourth-order valence-electron chi connectivity index (χ4n) is 2.43. The zero-order valence-electron chi connectivity index (χ0n) is 10.4. The molecule has 0 spiro atoms. The third-order valence-electron chi connectivity index (χ3n) is 3.45. The van der Waals surface area contributed by atoms with Crippen molar-refractivity contribution in [3.8, 4) is 0 Å². The summed E-state index contributed by atoms with van der Waals surface area (Å²) in [6.45, 7) is 0. The molecule has 0 radical (unpaired) electrons. The zero-order chi connectivity index (χ0) is 14.3. The van der Waals surface area contributed by atoms with Gasteiger partial charge in [-0.2, -0.15) is 0 Å². The molecule has 0 bridgehead atoms. The molecule has 5 heteroatoms. The van der Waals surface area contributed by atoms with Gasteiger partial charge in [0.2, 0.25) is 0 Å². The molecule has 0 fully saturated rings. The first kappa shape index (κ1) is 13.4. The standard InChI is InChI=1S/C15H11Cl2NO2/c16-10-5-6-12(17)9(7-10)8-15(20)11-3-1-2-4-13(11)18-14(15)19/h1-7,20H,8H2,(H,18,19). The molecule has 1 aliphatic rings. The first-order valence-corrected chi connectivity index (χ1v) is 6.83. The number of fused-ring (bicyclic) bond motifs is 1. The number of amides is 1. The molecule has 1 heterocycles. The van der Waals surface area contributed by atoms with Gasteiger partial charge in [-0.25, -0.2) is 0 Å². The van der Waals surface area contributed by atoms with E-state index in [0.717, 1.165) is 0 Å². The van der Waals surface area contributed by atoms with Crippen molar-refractivity contribution in [2.75, 3.05) is 5.32 Å². The largest absolute Gasteiger partial charge is 0.375 e. The van der Waals surface area contributed by atoms with E-state index in [-0.39, 0.29) is 6.42 Å². The van der Waals surface area contributed by atoms with Crippen LogP contribution in [0.3, 0.4) is 0 Å². The van der Waals surface area contributed by atoms with Crippen LogP contribution in [0, 0.1) is 0 Å². The van der Waals surface area contributed by atoms with Crippen LogP contribution in [0.4, 0.5) is 5.69 Å². The van der Waals surface area contributed by atoms with E-state index in [1.54, 1.807) is 42.5 Å². The number of para-hydroxylation sites is 1. The Morgan fingerprint density at radius 2 is 1.90 bits per heavy atom. The SMILES string of the molecule is O=C1Nc2ccccc2C1(O)Cc1cc(Cl)ccc1Cl. The van der Waals surface area contributed by atoms with Crippen molar-refractivity contribution in [2.45, 2.75) is 12.0 Å². The first-order chi connectivity index (χ1) is 9.50. The Labute approximate surface area is 126 Å². The van der Waals surface area contributed by atoms with E-state index in [2.05, 4.69) is 5.32 Å². The number of hydrogen-bond acceptors (Lipinski definition) is 2. The molecule has 2 aromatic rings. The summed E-state index contributed by atoms with van der Waals surface area (Å²) in [5, 5.41) is 14.4. The number of halogens is 2. The van der Waals surface area contributed by atoms with Crippen molar-refractivity contribution >= 4 is 34.8 Å². The predicted molar refractivity (Wildman–Crippen MR) is 79.1 cm³/mol. The van der Waals surface area contributed by atoms with Gasteiger partial charge in [0.15, 0.2) is 5.60 Å². The summed E-state index contributed by atoms with van der Waals surface area (Å²) in [5.74, 6) is -0.449. The molecular formula is C15H11Cl2NO2. The molecule has 0 saturated carbocycles. The Bertz CT molecular complexity index is 702. The Kier molecular flexibility index (Phi) is 3.21. The van der Waals surface area contributed by atoms with Crippen LogP contribution >= 0.6 is 23.2 Å². The maximum atomic E-state index is 12.1. The van der Waals surface area contributed by atoms with Gasteiger partial charge in [-0.3, -0.25) is 4.79 Å². The molecule has 0 saturated heterocycles. The van der Waals surface area contributed by atoms with E-state index in [0.29, 0.717) is 26.9 Å². The Morgan fingerprint density at radius 1 is 1.15 bits per heavy atom. The van der Waals surface area contributed by atoms with Crippen molar-refractivity contribution in [1.82, 2.24) is 0 Å². The van der Waals surface area contributed by atoms with Crippen LogP contribution in [0.2, 0.25) is 10.0 Å². The lowest BCUT2D eigenvalue weighted by Gasteiger charge is -2.21. The minimum atomic E-state index is -1.62. The molecule has 1 unspecified atom stereocenters. The molecule has 102 valence electrons. The van der Waals surface area contributed by atoms with E-state index in [1.165, 1.54) is 0 Å². The highest BCUT2D eigenvalue weighted by atomic mass is 35.5. The van der Waals surface area contributed by atoms with E-state index in [1.807, 2.05) is 0 Å². The minimum Gasteiger partial charge on any atom is -0.375 e. The maximum absolute atomic E-state index is 12.1. The molecule has 3 rings (SSSR count). The Hall–Kier alpha value is -1.55. The van der Waals surface area contributed by atoms with Crippen LogP contribution in [-0.2, 0) is 16.8 Å². The maximum Gasteiger partial charge on any atom is 0.261 e. The van der Waals surface area contributed by atoms with Gasteiger partial charge in [0.05, 0.1) is 0 Å². The van der Waals surface area contributed by atoms with Crippen molar-refractivity contribution in [3.05, 3.63) is 63.6 Å². The van der Waals surface area contributed by atoms with Gasteiger partial charge in [0.25, 0.3) is 5.91 Å². The zero-order valence-corrected chi connectivity index (χ0v) is 11.9. The summed E-state index contributed by atoms with van der Waals surface area (Å²) in [4.78, 5) is 12.1. The van der Waals surface area contributed by atoms with E-state index >= 15 is 0 Å². The van der Waals surface area contributed by atoms with Crippen molar-refractivity contribution in [3.63, 3.8) is 0 Å². The molecule has 0 aromatic heterocycles. The van der Waals surface area contributed by atoms with Gasteiger partial charge in [-0.05, 0) is 29.8 Å². The summed E-state index contributed by atoms with van der Waals surface area (Å²) in [6, 6.07) is 12.1. The molecule has 2 N–H and O–H groups in total. The molecule has 1 amide bonds. The number of carbonyl (C=O) groups is 1. The molecular weight excluding hydrogens is 297 g/mol. The number of aliphatic hydroxyl groups is 1. The highest BCUT2D eigenvalue weighted by Crippen LogP contribution is 2.39. The van der Waals surface area contributed by atoms with Crippen LogP contribution < -0.4 is 5.32 Å². The number of nitrogens with one attached hydrogen (secondary N) is 1.